The van der Waals surface area contributed by atoms with E-state index in [1.165, 1.54) is 12.8 Å². The largest absolute Gasteiger partial charge is 0.299 e. The number of hydrogen-bond donors (Lipinski definition) is 0. The molecule has 0 N–H and O–H groups in total. The summed E-state index contributed by atoms with van der Waals surface area (Å²) in [5, 5.41) is 0. The third-order valence-corrected chi connectivity index (χ3v) is 4.38. The van der Waals surface area contributed by atoms with Gasteiger partial charge in [0.05, 0.1) is 0 Å². The Morgan fingerprint density at radius 2 is 1.29 bits per heavy atom. The van der Waals surface area contributed by atoms with Gasteiger partial charge in [0.15, 0.2) is 0 Å². The van der Waals surface area contributed by atoms with E-state index in [9.17, 15) is 13.6 Å². The number of halogens is 2. The molecule has 0 unspecified atom stereocenters. The molecule has 0 atom stereocenters. The van der Waals surface area contributed by atoms with Gasteiger partial charge in [-0.15, -0.1) is 0 Å². The van der Waals surface area contributed by atoms with Crippen LogP contribution in [-0.4, -0.2) is 11.7 Å². The van der Waals surface area contributed by atoms with Gasteiger partial charge in [0, 0.05) is 24.7 Å². The molecule has 0 aromatic rings. The topological polar surface area (TPSA) is 17.1 Å². The lowest BCUT2D eigenvalue weighted by Crippen LogP contribution is -2.31. The molecular weight excluding hydrogens is 222 g/mol. The molecule has 2 aliphatic carbocycles. The van der Waals surface area contributed by atoms with E-state index in [-0.39, 0.29) is 24.7 Å². The second-order valence-electron chi connectivity index (χ2n) is 5.72. The Morgan fingerprint density at radius 1 is 0.824 bits per heavy atom. The zero-order valence-electron chi connectivity index (χ0n) is 10.4. The van der Waals surface area contributed by atoms with Gasteiger partial charge in [-0.3, -0.25) is 4.79 Å². The van der Waals surface area contributed by atoms with Gasteiger partial charge >= 0.3 is 0 Å². The van der Waals surface area contributed by atoms with Crippen LogP contribution in [0, 0.1) is 11.8 Å². The summed E-state index contributed by atoms with van der Waals surface area (Å²) < 4.78 is 26.1. The summed E-state index contributed by atoms with van der Waals surface area (Å²) in [5.41, 5.74) is 0. The Hall–Kier alpha value is -0.470. The van der Waals surface area contributed by atoms with Crippen molar-refractivity contribution in [1.29, 1.82) is 0 Å². The van der Waals surface area contributed by atoms with Gasteiger partial charge in [-0.25, -0.2) is 8.78 Å². The highest BCUT2D eigenvalue weighted by atomic mass is 19.3. The smallest absolute Gasteiger partial charge is 0.248 e. The van der Waals surface area contributed by atoms with E-state index >= 15 is 0 Å². The van der Waals surface area contributed by atoms with Crippen molar-refractivity contribution in [2.24, 2.45) is 11.8 Å². The van der Waals surface area contributed by atoms with Crippen LogP contribution in [0.1, 0.15) is 64.2 Å². The van der Waals surface area contributed by atoms with Gasteiger partial charge in [-0.1, -0.05) is 25.7 Å². The van der Waals surface area contributed by atoms with Crippen LogP contribution in [0.25, 0.3) is 0 Å². The maximum absolute atomic E-state index is 13.0. The molecule has 0 saturated heterocycles. The minimum Gasteiger partial charge on any atom is -0.299 e. The van der Waals surface area contributed by atoms with Crippen LogP contribution in [0.3, 0.4) is 0 Å². The number of carbonyl (C=O) groups excluding carboxylic acids is 1. The first-order valence-corrected chi connectivity index (χ1v) is 7.00. The quantitative estimate of drug-likeness (QED) is 0.660. The Labute approximate surface area is 102 Å². The Bertz CT molecular complexity index is 257. The standard InChI is InChI=1S/C14H22F2O/c15-14(16)9-7-12(8-10-14)13(17)11-5-3-1-2-4-6-11/h11-12H,1-10H2. The van der Waals surface area contributed by atoms with Crippen molar-refractivity contribution >= 4 is 5.78 Å². The van der Waals surface area contributed by atoms with Crippen molar-refractivity contribution in [2.75, 3.05) is 0 Å². The van der Waals surface area contributed by atoms with E-state index < -0.39 is 5.92 Å². The molecule has 98 valence electrons. The Morgan fingerprint density at radius 3 is 1.82 bits per heavy atom. The molecule has 0 amide bonds. The summed E-state index contributed by atoms with van der Waals surface area (Å²) in [6.07, 6.45) is 7.35. The molecule has 0 aromatic carbocycles. The summed E-state index contributed by atoms with van der Waals surface area (Å²) in [6.45, 7) is 0. The number of alkyl halides is 2. The molecule has 0 radical (unpaired) electrons. The minimum absolute atomic E-state index is 0.0716. The van der Waals surface area contributed by atoms with Gasteiger partial charge in [-0.05, 0) is 25.7 Å². The van der Waals surface area contributed by atoms with Crippen molar-refractivity contribution < 1.29 is 13.6 Å². The third-order valence-electron chi connectivity index (χ3n) is 4.38. The SMILES string of the molecule is O=C(C1CCCCCC1)C1CCC(F)(F)CC1. The van der Waals surface area contributed by atoms with Gasteiger partial charge in [0.25, 0.3) is 0 Å². The first kappa shape index (κ1) is 13.0. The van der Waals surface area contributed by atoms with Crippen LogP contribution in [0.4, 0.5) is 8.78 Å². The zero-order valence-corrected chi connectivity index (χ0v) is 10.4. The highest BCUT2D eigenvalue weighted by Crippen LogP contribution is 2.38. The molecule has 0 spiro atoms. The predicted octanol–water partition coefficient (Wildman–Crippen LogP) is 4.35. The zero-order chi connectivity index (χ0) is 12.3. The molecule has 17 heavy (non-hydrogen) atoms. The first-order chi connectivity index (χ1) is 8.08. The van der Waals surface area contributed by atoms with Crippen molar-refractivity contribution in [3.63, 3.8) is 0 Å². The van der Waals surface area contributed by atoms with E-state index in [2.05, 4.69) is 0 Å². The van der Waals surface area contributed by atoms with Crippen LogP contribution in [0.15, 0.2) is 0 Å². The van der Waals surface area contributed by atoms with E-state index in [0.29, 0.717) is 18.6 Å². The Balaban J connectivity index is 1.87. The average molecular weight is 244 g/mol. The molecule has 3 heteroatoms. The van der Waals surface area contributed by atoms with Crippen LogP contribution in [-0.2, 0) is 4.79 Å². The van der Waals surface area contributed by atoms with E-state index in [1.54, 1.807) is 0 Å². The molecule has 0 aromatic heterocycles. The highest BCUT2D eigenvalue weighted by molar-refractivity contribution is 5.83. The maximum Gasteiger partial charge on any atom is 0.248 e. The average Bonchev–Trinajstić information content (AvgIpc) is 2.56. The summed E-state index contributed by atoms with van der Waals surface area (Å²) in [6, 6.07) is 0. The number of carbonyl (C=O) groups is 1. The van der Waals surface area contributed by atoms with Gasteiger partial charge < -0.3 is 0 Å². The molecule has 2 fully saturated rings. The van der Waals surface area contributed by atoms with Crippen LogP contribution in [0.2, 0.25) is 0 Å². The second-order valence-corrected chi connectivity index (χ2v) is 5.72. The van der Waals surface area contributed by atoms with Gasteiger partial charge in [0.1, 0.15) is 5.78 Å². The van der Waals surface area contributed by atoms with Crippen molar-refractivity contribution in [3.8, 4) is 0 Å². The summed E-state index contributed by atoms with van der Waals surface area (Å²) in [5.74, 6) is -2.12. The van der Waals surface area contributed by atoms with E-state index in [4.69, 9.17) is 0 Å². The van der Waals surface area contributed by atoms with Crippen molar-refractivity contribution in [3.05, 3.63) is 0 Å². The molecule has 0 bridgehead atoms. The van der Waals surface area contributed by atoms with Gasteiger partial charge in [0.2, 0.25) is 5.92 Å². The molecule has 2 aliphatic rings. The summed E-state index contributed by atoms with van der Waals surface area (Å²) in [7, 11) is 0. The third kappa shape index (κ3) is 3.49. The first-order valence-electron chi connectivity index (χ1n) is 7.00. The fourth-order valence-corrected chi connectivity index (χ4v) is 3.22. The molecule has 2 saturated carbocycles. The van der Waals surface area contributed by atoms with Crippen LogP contribution in [0.5, 0.6) is 0 Å². The van der Waals surface area contributed by atoms with Gasteiger partial charge in [-0.2, -0.15) is 0 Å². The molecule has 2 rings (SSSR count). The van der Waals surface area contributed by atoms with Crippen molar-refractivity contribution in [2.45, 2.75) is 70.1 Å². The van der Waals surface area contributed by atoms with E-state index in [0.717, 1.165) is 25.7 Å². The molecule has 0 aliphatic heterocycles. The number of rotatable bonds is 2. The second kappa shape index (κ2) is 5.45. The molecule has 0 heterocycles. The molecular formula is C14H22F2O. The summed E-state index contributed by atoms with van der Waals surface area (Å²) in [4.78, 5) is 12.3. The van der Waals surface area contributed by atoms with Crippen LogP contribution >= 0.6 is 0 Å². The Kier molecular flexibility index (Phi) is 4.16. The van der Waals surface area contributed by atoms with Crippen molar-refractivity contribution in [1.82, 2.24) is 0 Å². The molecule has 1 nitrogen and oxygen atoms in total. The lowest BCUT2D eigenvalue weighted by molar-refractivity contribution is -0.131. The van der Waals surface area contributed by atoms with Crippen LogP contribution < -0.4 is 0 Å². The lowest BCUT2D eigenvalue weighted by atomic mass is 9.78. The fraction of sp³-hybridized carbons (Fsp3) is 0.929. The van der Waals surface area contributed by atoms with E-state index in [1.807, 2.05) is 0 Å². The monoisotopic (exact) mass is 244 g/mol. The fourth-order valence-electron chi connectivity index (χ4n) is 3.22. The minimum atomic E-state index is -2.51. The normalized spacial score (nSPS) is 27.6. The number of Topliss-reactive ketones (excluding diaryl/α,β-unsaturated/α-hetero) is 1. The summed E-state index contributed by atoms with van der Waals surface area (Å²) >= 11 is 0. The lowest BCUT2D eigenvalue weighted by Gasteiger charge is -2.29. The predicted molar refractivity (Wildman–Crippen MR) is 63.1 cm³/mol. The maximum atomic E-state index is 13.0. The highest BCUT2D eigenvalue weighted by Gasteiger charge is 2.38. The number of ketones is 1. The number of hydrogen-bond acceptors (Lipinski definition) is 1.